The maximum absolute atomic E-state index is 4.66. The zero-order valence-electron chi connectivity index (χ0n) is 19.6. The summed E-state index contributed by atoms with van der Waals surface area (Å²) >= 11 is 0. The number of fused-ring (bicyclic) bond motifs is 1. The highest BCUT2D eigenvalue weighted by molar-refractivity contribution is 5.96. The predicted octanol–water partition coefficient (Wildman–Crippen LogP) is 6.20. The second-order valence-electron chi connectivity index (χ2n) is 8.89. The molecule has 4 aromatic rings. The van der Waals surface area contributed by atoms with Crippen molar-refractivity contribution in [3.63, 3.8) is 0 Å². The number of likely N-dealkylation sites (N-methyl/N-ethyl adjacent to an activating group) is 1. The number of rotatable bonds is 6. The van der Waals surface area contributed by atoms with E-state index in [-0.39, 0.29) is 0 Å². The lowest BCUT2D eigenvalue weighted by Gasteiger charge is -2.34. The van der Waals surface area contributed by atoms with Crippen LogP contribution in [0, 0.1) is 0 Å². The number of benzene rings is 3. The summed E-state index contributed by atoms with van der Waals surface area (Å²) in [5.41, 5.74) is 7.24. The van der Waals surface area contributed by atoms with Crippen LogP contribution in [0.4, 0.5) is 17.1 Å². The first kappa shape index (κ1) is 21.5. The third-order valence-corrected chi connectivity index (χ3v) is 6.59. The molecule has 0 amide bonds. The summed E-state index contributed by atoms with van der Waals surface area (Å²) in [6.45, 7) is 7.62. The van der Waals surface area contributed by atoms with E-state index in [1.807, 2.05) is 6.20 Å². The SMILES string of the molecule is CCCN(c1ccc(N2CCN(C)CC2)cc1)c1ccnc2ccc(-c3ccccc3)cc12. The molecule has 5 rings (SSSR count). The topological polar surface area (TPSA) is 22.6 Å². The van der Waals surface area contributed by atoms with Crippen LogP contribution in [0.15, 0.2) is 85.1 Å². The molecule has 0 saturated carbocycles. The first-order valence-corrected chi connectivity index (χ1v) is 12.0. The van der Waals surface area contributed by atoms with Gasteiger partial charge in [0.2, 0.25) is 0 Å². The van der Waals surface area contributed by atoms with Crippen molar-refractivity contribution in [3.05, 3.63) is 85.1 Å². The Labute approximate surface area is 197 Å². The molecule has 3 aromatic carbocycles. The molecule has 1 aliphatic rings. The van der Waals surface area contributed by atoms with Gasteiger partial charge in [0.1, 0.15) is 0 Å². The second kappa shape index (κ2) is 9.63. The highest BCUT2D eigenvalue weighted by atomic mass is 15.2. The molecule has 1 aliphatic heterocycles. The molecule has 33 heavy (non-hydrogen) atoms. The minimum Gasteiger partial charge on any atom is -0.369 e. The fourth-order valence-electron chi connectivity index (χ4n) is 4.70. The van der Waals surface area contributed by atoms with Gasteiger partial charge in [-0.3, -0.25) is 4.98 Å². The van der Waals surface area contributed by atoms with Gasteiger partial charge in [-0.15, -0.1) is 0 Å². The fraction of sp³-hybridized carbons (Fsp3) is 0.276. The Kier molecular flexibility index (Phi) is 6.27. The third kappa shape index (κ3) is 4.57. The Hall–Kier alpha value is -3.37. The number of nitrogens with zero attached hydrogens (tertiary/aromatic N) is 4. The number of aromatic nitrogens is 1. The van der Waals surface area contributed by atoms with Crippen LogP contribution in [-0.2, 0) is 0 Å². The molecule has 0 unspecified atom stereocenters. The van der Waals surface area contributed by atoms with E-state index >= 15 is 0 Å². The monoisotopic (exact) mass is 436 g/mol. The maximum Gasteiger partial charge on any atom is 0.0723 e. The second-order valence-corrected chi connectivity index (χ2v) is 8.89. The van der Waals surface area contributed by atoms with Gasteiger partial charge in [-0.25, -0.2) is 0 Å². The molecule has 0 radical (unpaired) electrons. The molecule has 168 valence electrons. The highest BCUT2D eigenvalue weighted by Crippen LogP contribution is 2.35. The zero-order chi connectivity index (χ0) is 22.6. The predicted molar refractivity (Wildman–Crippen MR) is 141 cm³/mol. The molecule has 4 nitrogen and oxygen atoms in total. The van der Waals surface area contributed by atoms with Crippen LogP contribution in [0.2, 0.25) is 0 Å². The van der Waals surface area contributed by atoms with Gasteiger partial charge in [-0.1, -0.05) is 43.3 Å². The third-order valence-electron chi connectivity index (χ3n) is 6.59. The molecule has 0 aliphatic carbocycles. The van der Waals surface area contributed by atoms with Crippen LogP contribution in [0.3, 0.4) is 0 Å². The van der Waals surface area contributed by atoms with E-state index in [0.717, 1.165) is 44.7 Å². The van der Waals surface area contributed by atoms with Crippen LogP contribution in [0.25, 0.3) is 22.0 Å². The van der Waals surface area contributed by atoms with Crippen LogP contribution in [-0.4, -0.2) is 49.7 Å². The van der Waals surface area contributed by atoms with Gasteiger partial charge < -0.3 is 14.7 Å². The number of piperazine rings is 1. The standard InChI is InChI=1S/C29H32N4/c1-3-17-33(26-12-10-25(11-13-26)32-20-18-31(2)19-21-32)29-15-16-30-28-14-9-24(22-27(28)29)23-7-5-4-6-8-23/h4-16,22H,3,17-21H2,1-2H3. The Morgan fingerprint density at radius 2 is 1.58 bits per heavy atom. The summed E-state index contributed by atoms with van der Waals surface area (Å²) in [4.78, 5) is 12.0. The minimum absolute atomic E-state index is 0.961. The van der Waals surface area contributed by atoms with Crippen LogP contribution in [0.1, 0.15) is 13.3 Å². The molecular formula is C29H32N4. The van der Waals surface area contributed by atoms with Crippen molar-refractivity contribution in [2.45, 2.75) is 13.3 Å². The highest BCUT2D eigenvalue weighted by Gasteiger charge is 2.16. The summed E-state index contributed by atoms with van der Waals surface area (Å²) in [5.74, 6) is 0. The van der Waals surface area contributed by atoms with Crippen LogP contribution < -0.4 is 9.80 Å². The van der Waals surface area contributed by atoms with Crippen molar-refractivity contribution >= 4 is 28.0 Å². The maximum atomic E-state index is 4.66. The summed E-state index contributed by atoms with van der Waals surface area (Å²) < 4.78 is 0. The molecule has 4 heteroatoms. The summed E-state index contributed by atoms with van der Waals surface area (Å²) in [6, 6.07) is 28.4. The molecule has 1 aromatic heterocycles. The average Bonchev–Trinajstić information content (AvgIpc) is 2.88. The van der Waals surface area contributed by atoms with E-state index in [4.69, 9.17) is 0 Å². The van der Waals surface area contributed by atoms with Crippen molar-refractivity contribution in [2.24, 2.45) is 0 Å². The number of hydrogen-bond acceptors (Lipinski definition) is 4. The van der Waals surface area contributed by atoms with Crippen LogP contribution in [0.5, 0.6) is 0 Å². The van der Waals surface area contributed by atoms with Crippen molar-refractivity contribution < 1.29 is 0 Å². The molecule has 0 spiro atoms. The number of hydrogen-bond donors (Lipinski definition) is 0. The van der Waals surface area contributed by atoms with Crippen molar-refractivity contribution in [1.82, 2.24) is 9.88 Å². The summed E-state index contributed by atoms with van der Waals surface area (Å²) in [5, 5.41) is 1.19. The van der Waals surface area contributed by atoms with Gasteiger partial charge in [0.05, 0.1) is 11.2 Å². The quantitative estimate of drug-likeness (QED) is 0.359. The average molecular weight is 437 g/mol. The van der Waals surface area contributed by atoms with Gasteiger partial charge in [-0.05, 0) is 67.1 Å². The van der Waals surface area contributed by atoms with Gasteiger partial charge in [0, 0.05) is 55.7 Å². The van der Waals surface area contributed by atoms with Gasteiger partial charge in [-0.2, -0.15) is 0 Å². The fourth-order valence-corrected chi connectivity index (χ4v) is 4.70. The van der Waals surface area contributed by atoms with Crippen molar-refractivity contribution in [2.75, 3.05) is 49.6 Å². The number of anilines is 3. The van der Waals surface area contributed by atoms with Crippen molar-refractivity contribution in [1.29, 1.82) is 0 Å². The Morgan fingerprint density at radius 3 is 2.30 bits per heavy atom. The first-order valence-electron chi connectivity index (χ1n) is 12.0. The lowest BCUT2D eigenvalue weighted by Crippen LogP contribution is -2.44. The van der Waals surface area contributed by atoms with Gasteiger partial charge in [0.25, 0.3) is 0 Å². The molecule has 0 bridgehead atoms. The molecular weight excluding hydrogens is 404 g/mol. The van der Waals surface area contributed by atoms with E-state index in [0.29, 0.717) is 0 Å². The van der Waals surface area contributed by atoms with E-state index < -0.39 is 0 Å². The Balaban J connectivity index is 1.50. The summed E-state index contributed by atoms with van der Waals surface area (Å²) in [7, 11) is 2.20. The molecule has 1 fully saturated rings. The lowest BCUT2D eigenvalue weighted by molar-refractivity contribution is 0.313. The van der Waals surface area contributed by atoms with Crippen molar-refractivity contribution in [3.8, 4) is 11.1 Å². The smallest absolute Gasteiger partial charge is 0.0723 e. The minimum atomic E-state index is 0.961. The van der Waals surface area contributed by atoms with E-state index in [9.17, 15) is 0 Å². The van der Waals surface area contributed by atoms with Gasteiger partial charge in [0.15, 0.2) is 0 Å². The largest absolute Gasteiger partial charge is 0.369 e. The zero-order valence-corrected chi connectivity index (χ0v) is 19.6. The summed E-state index contributed by atoms with van der Waals surface area (Å²) in [6.07, 6.45) is 3.00. The van der Waals surface area contributed by atoms with E-state index in [1.54, 1.807) is 0 Å². The van der Waals surface area contributed by atoms with Crippen LogP contribution >= 0.6 is 0 Å². The molecule has 1 saturated heterocycles. The molecule has 0 N–H and O–H groups in total. The Morgan fingerprint density at radius 1 is 0.818 bits per heavy atom. The molecule has 0 atom stereocenters. The normalized spacial score (nSPS) is 14.5. The van der Waals surface area contributed by atoms with Gasteiger partial charge >= 0.3 is 0 Å². The number of pyridine rings is 1. The van der Waals surface area contributed by atoms with E-state index in [2.05, 4.69) is 113 Å². The van der Waals surface area contributed by atoms with E-state index in [1.165, 1.54) is 33.6 Å². The Bertz CT molecular complexity index is 1200. The first-order chi connectivity index (χ1) is 16.2. The molecule has 2 heterocycles. The lowest BCUT2D eigenvalue weighted by atomic mass is 10.0.